The summed E-state index contributed by atoms with van der Waals surface area (Å²) < 4.78 is 5.10. The number of carbonyl (C=O) groups is 1. The molecule has 1 rings (SSSR count). The first-order chi connectivity index (χ1) is 6.72. The van der Waals surface area contributed by atoms with Crippen molar-refractivity contribution >= 4 is 12.0 Å². The Morgan fingerprint density at radius 2 is 2.29 bits per heavy atom. The minimum atomic E-state index is -0.115. The molecule has 0 aliphatic carbocycles. The Balaban J connectivity index is 3.13. The number of nitrogens with one attached hydrogen (secondary N) is 1. The number of amides is 1. The van der Waals surface area contributed by atoms with Gasteiger partial charge < -0.3 is 10.1 Å². The molecule has 0 fully saturated rings. The number of rotatable bonds is 3. The first-order valence-corrected chi connectivity index (χ1v) is 4.25. The zero-order valence-electron chi connectivity index (χ0n) is 8.33. The predicted molar refractivity (Wildman–Crippen MR) is 56.5 cm³/mol. The average molecular weight is 191 g/mol. The van der Waals surface area contributed by atoms with Gasteiger partial charge in [0.1, 0.15) is 5.75 Å². The van der Waals surface area contributed by atoms with Gasteiger partial charge in [0.05, 0.1) is 7.11 Å². The third kappa shape index (κ3) is 1.93. The van der Waals surface area contributed by atoms with Gasteiger partial charge in [-0.1, -0.05) is 12.7 Å². The molecule has 1 N–H and O–H groups in total. The van der Waals surface area contributed by atoms with Crippen LogP contribution in [0.4, 0.5) is 0 Å². The van der Waals surface area contributed by atoms with Crippen LogP contribution >= 0.6 is 0 Å². The van der Waals surface area contributed by atoms with Crippen molar-refractivity contribution in [3.05, 3.63) is 35.9 Å². The average Bonchev–Trinajstić information content (AvgIpc) is 2.26. The van der Waals surface area contributed by atoms with E-state index in [1.54, 1.807) is 38.4 Å². The summed E-state index contributed by atoms with van der Waals surface area (Å²) in [5.41, 5.74) is 1.41. The fourth-order valence-electron chi connectivity index (χ4n) is 1.18. The molecule has 0 radical (unpaired) electrons. The molecule has 1 aromatic carbocycles. The van der Waals surface area contributed by atoms with E-state index in [0.717, 1.165) is 5.56 Å². The van der Waals surface area contributed by atoms with E-state index in [4.69, 9.17) is 4.74 Å². The van der Waals surface area contributed by atoms with E-state index in [9.17, 15) is 4.79 Å². The Hall–Kier alpha value is -1.77. The van der Waals surface area contributed by atoms with Gasteiger partial charge in [-0.2, -0.15) is 0 Å². The fourth-order valence-corrected chi connectivity index (χ4v) is 1.18. The smallest absolute Gasteiger partial charge is 0.251 e. The number of ether oxygens (including phenoxy) is 1. The van der Waals surface area contributed by atoms with Gasteiger partial charge in [0.25, 0.3) is 5.91 Å². The highest BCUT2D eigenvalue weighted by Gasteiger charge is 2.06. The standard InChI is InChI=1S/C11H13NO2/c1-4-8-7-9(11(13)12-2)5-6-10(8)14-3/h4-7H,1H2,2-3H3,(H,12,13). The minimum Gasteiger partial charge on any atom is -0.496 e. The maximum Gasteiger partial charge on any atom is 0.251 e. The van der Waals surface area contributed by atoms with Gasteiger partial charge in [-0.25, -0.2) is 0 Å². The van der Waals surface area contributed by atoms with E-state index in [0.29, 0.717) is 11.3 Å². The van der Waals surface area contributed by atoms with Crippen LogP contribution in [0.3, 0.4) is 0 Å². The molecule has 0 spiro atoms. The SMILES string of the molecule is C=Cc1cc(C(=O)NC)ccc1OC. The molecule has 0 heterocycles. The fraction of sp³-hybridized carbons (Fsp3) is 0.182. The van der Waals surface area contributed by atoms with Crippen LogP contribution in [0.15, 0.2) is 24.8 Å². The summed E-state index contributed by atoms with van der Waals surface area (Å²) in [7, 11) is 3.18. The molecule has 3 heteroatoms. The second-order valence-electron chi connectivity index (χ2n) is 2.74. The summed E-state index contributed by atoms with van der Waals surface area (Å²) >= 11 is 0. The lowest BCUT2D eigenvalue weighted by atomic mass is 10.1. The van der Waals surface area contributed by atoms with Crippen molar-refractivity contribution in [2.75, 3.05) is 14.2 Å². The van der Waals surface area contributed by atoms with E-state index in [2.05, 4.69) is 11.9 Å². The van der Waals surface area contributed by atoms with Crippen LogP contribution in [0.1, 0.15) is 15.9 Å². The molecule has 0 aliphatic rings. The van der Waals surface area contributed by atoms with Crippen LogP contribution in [0.5, 0.6) is 5.75 Å². The van der Waals surface area contributed by atoms with E-state index in [-0.39, 0.29) is 5.91 Å². The van der Waals surface area contributed by atoms with Crippen molar-refractivity contribution in [2.45, 2.75) is 0 Å². The highest BCUT2D eigenvalue weighted by atomic mass is 16.5. The molecule has 0 saturated heterocycles. The third-order valence-electron chi connectivity index (χ3n) is 1.94. The summed E-state index contributed by atoms with van der Waals surface area (Å²) in [4.78, 5) is 11.3. The van der Waals surface area contributed by atoms with Crippen molar-refractivity contribution in [2.24, 2.45) is 0 Å². The number of benzene rings is 1. The van der Waals surface area contributed by atoms with E-state index < -0.39 is 0 Å². The minimum absolute atomic E-state index is 0.115. The summed E-state index contributed by atoms with van der Waals surface area (Å²) in [6, 6.07) is 5.21. The van der Waals surface area contributed by atoms with Gasteiger partial charge in [-0.05, 0) is 18.2 Å². The van der Waals surface area contributed by atoms with Gasteiger partial charge in [-0.15, -0.1) is 0 Å². The first kappa shape index (κ1) is 10.3. The lowest BCUT2D eigenvalue weighted by Gasteiger charge is -2.06. The van der Waals surface area contributed by atoms with Crippen LogP contribution in [0.25, 0.3) is 6.08 Å². The molecule has 14 heavy (non-hydrogen) atoms. The van der Waals surface area contributed by atoms with E-state index >= 15 is 0 Å². The van der Waals surface area contributed by atoms with Gasteiger partial charge in [0, 0.05) is 18.2 Å². The van der Waals surface area contributed by atoms with Gasteiger partial charge in [0.15, 0.2) is 0 Å². The molecule has 0 unspecified atom stereocenters. The van der Waals surface area contributed by atoms with Gasteiger partial charge in [-0.3, -0.25) is 4.79 Å². The van der Waals surface area contributed by atoms with Crippen molar-refractivity contribution in [1.82, 2.24) is 5.32 Å². The van der Waals surface area contributed by atoms with Crippen LogP contribution in [0, 0.1) is 0 Å². The van der Waals surface area contributed by atoms with Crippen molar-refractivity contribution in [3.8, 4) is 5.75 Å². The monoisotopic (exact) mass is 191 g/mol. The molecule has 1 aromatic rings. The predicted octanol–water partition coefficient (Wildman–Crippen LogP) is 1.70. The Morgan fingerprint density at radius 3 is 2.79 bits per heavy atom. The maximum atomic E-state index is 11.3. The molecule has 74 valence electrons. The highest BCUT2D eigenvalue weighted by Crippen LogP contribution is 2.20. The van der Waals surface area contributed by atoms with Crippen LogP contribution in [-0.4, -0.2) is 20.1 Å². The molecule has 0 bridgehead atoms. The van der Waals surface area contributed by atoms with Crippen LogP contribution in [0.2, 0.25) is 0 Å². The summed E-state index contributed by atoms with van der Waals surface area (Å²) in [6.07, 6.45) is 1.66. The quantitative estimate of drug-likeness (QED) is 0.789. The number of hydrogen-bond acceptors (Lipinski definition) is 2. The Kier molecular flexibility index (Phi) is 3.29. The Labute approximate surface area is 83.4 Å². The zero-order chi connectivity index (χ0) is 10.6. The molecule has 0 aliphatic heterocycles. The number of methoxy groups -OCH3 is 1. The molecular formula is C11H13NO2. The molecule has 0 saturated carbocycles. The Morgan fingerprint density at radius 1 is 1.57 bits per heavy atom. The summed E-state index contributed by atoms with van der Waals surface area (Å²) in [5, 5.41) is 2.56. The highest BCUT2D eigenvalue weighted by molar-refractivity contribution is 5.94. The van der Waals surface area contributed by atoms with E-state index in [1.165, 1.54) is 0 Å². The van der Waals surface area contributed by atoms with E-state index in [1.807, 2.05) is 0 Å². The Bertz CT molecular complexity index is 358. The lowest BCUT2D eigenvalue weighted by Crippen LogP contribution is -2.17. The topological polar surface area (TPSA) is 38.3 Å². The first-order valence-electron chi connectivity index (χ1n) is 4.25. The number of hydrogen-bond donors (Lipinski definition) is 1. The lowest BCUT2D eigenvalue weighted by molar-refractivity contribution is 0.0963. The second-order valence-corrected chi connectivity index (χ2v) is 2.74. The molecule has 0 atom stereocenters. The van der Waals surface area contributed by atoms with Crippen LogP contribution < -0.4 is 10.1 Å². The normalized spacial score (nSPS) is 9.29. The van der Waals surface area contributed by atoms with Crippen LogP contribution in [-0.2, 0) is 0 Å². The zero-order valence-corrected chi connectivity index (χ0v) is 8.33. The third-order valence-corrected chi connectivity index (χ3v) is 1.94. The summed E-state index contributed by atoms with van der Waals surface area (Å²) in [5.74, 6) is 0.600. The molecular weight excluding hydrogens is 178 g/mol. The van der Waals surface area contributed by atoms with Gasteiger partial charge >= 0.3 is 0 Å². The summed E-state index contributed by atoms with van der Waals surface area (Å²) in [6.45, 7) is 3.65. The molecule has 1 amide bonds. The van der Waals surface area contributed by atoms with Crippen molar-refractivity contribution in [1.29, 1.82) is 0 Å². The number of carbonyl (C=O) groups excluding carboxylic acids is 1. The second kappa shape index (κ2) is 4.46. The maximum absolute atomic E-state index is 11.3. The van der Waals surface area contributed by atoms with Gasteiger partial charge in [0.2, 0.25) is 0 Å². The molecule has 0 aromatic heterocycles. The largest absolute Gasteiger partial charge is 0.496 e. The van der Waals surface area contributed by atoms with Crippen molar-refractivity contribution < 1.29 is 9.53 Å². The molecule has 3 nitrogen and oxygen atoms in total. The van der Waals surface area contributed by atoms with Crippen molar-refractivity contribution in [3.63, 3.8) is 0 Å².